The van der Waals surface area contributed by atoms with Gasteiger partial charge in [-0.3, -0.25) is 4.90 Å². The van der Waals surface area contributed by atoms with E-state index in [-0.39, 0.29) is 0 Å². The Labute approximate surface area is 155 Å². The fourth-order valence-corrected chi connectivity index (χ4v) is 4.23. The zero-order chi connectivity index (χ0) is 18.0. The quantitative estimate of drug-likeness (QED) is 0.865. The molecule has 5 nitrogen and oxygen atoms in total. The predicted molar refractivity (Wildman–Crippen MR) is 102 cm³/mol. The summed E-state index contributed by atoms with van der Waals surface area (Å²) < 4.78 is 6.01. The zero-order valence-electron chi connectivity index (χ0n) is 15.5. The van der Waals surface area contributed by atoms with Crippen molar-refractivity contribution in [1.29, 1.82) is 0 Å². The van der Waals surface area contributed by atoms with Gasteiger partial charge in [0.25, 0.3) is 0 Å². The van der Waals surface area contributed by atoms with Gasteiger partial charge in [-0.1, -0.05) is 6.07 Å². The molecule has 138 valence electrons. The summed E-state index contributed by atoms with van der Waals surface area (Å²) in [6.45, 7) is 5.06. The van der Waals surface area contributed by atoms with Gasteiger partial charge >= 0.3 is 0 Å². The molecule has 1 aromatic heterocycles. The van der Waals surface area contributed by atoms with Crippen LogP contribution in [-0.4, -0.2) is 34.6 Å². The number of aromatic nitrogens is 2. The molecule has 1 aliphatic heterocycles. The third-order valence-electron chi connectivity index (χ3n) is 5.80. The Balaban J connectivity index is 1.36. The summed E-state index contributed by atoms with van der Waals surface area (Å²) in [5.41, 5.74) is 9.69. The lowest BCUT2D eigenvalue weighted by atomic mass is 9.95. The Morgan fingerprint density at radius 2 is 2.12 bits per heavy atom. The summed E-state index contributed by atoms with van der Waals surface area (Å²) in [6.07, 6.45) is 9.06. The van der Waals surface area contributed by atoms with Crippen molar-refractivity contribution in [3.05, 3.63) is 53.6 Å². The highest BCUT2D eigenvalue weighted by Gasteiger charge is 2.29. The summed E-state index contributed by atoms with van der Waals surface area (Å²) in [4.78, 5) is 10.9. The predicted octanol–water partition coefficient (Wildman–Crippen LogP) is 3.20. The van der Waals surface area contributed by atoms with Crippen LogP contribution in [0.2, 0.25) is 0 Å². The Morgan fingerprint density at radius 1 is 1.27 bits per heavy atom. The molecular weight excluding hydrogens is 324 g/mol. The topological polar surface area (TPSA) is 64.3 Å². The van der Waals surface area contributed by atoms with Crippen molar-refractivity contribution in [2.45, 2.75) is 50.6 Å². The molecule has 1 aromatic carbocycles. The number of likely N-dealkylation sites (tertiary alicyclic amines) is 1. The fourth-order valence-electron chi connectivity index (χ4n) is 4.23. The van der Waals surface area contributed by atoms with Crippen LogP contribution >= 0.6 is 0 Å². The number of aryl methyl sites for hydroxylation is 1. The van der Waals surface area contributed by atoms with Crippen molar-refractivity contribution in [2.75, 3.05) is 19.7 Å². The smallest absolute Gasteiger partial charge is 0.119 e. The van der Waals surface area contributed by atoms with E-state index in [2.05, 4.69) is 33.1 Å². The van der Waals surface area contributed by atoms with E-state index in [4.69, 9.17) is 10.5 Å². The van der Waals surface area contributed by atoms with Crippen molar-refractivity contribution in [3.63, 3.8) is 0 Å². The first kappa shape index (κ1) is 17.4. The third-order valence-corrected chi connectivity index (χ3v) is 5.80. The molecule has 2 aromatic rings. The standard InChI is InChI=1S/C21H28N4O/c1-21(22,20-8-10-23-15-24-20)9-13-26-17-5-6-18-16(14-17)4-7-19(18)25-11-2-3-12-25/h5-6,8,10,14-15,19H,2-4,7,9,11-13,22H2,1H3. The number of benzene rings is 1. The molecule has 0 amide bonds. The van der Waals surface area contributed by atoms with Gasteiger partial charge in [-0.25, -0.2) is 9.97 Å². The van der Waals surface area contributed by atoms with Gasteiger partial charge in [-0.2, -0.15) is 0 Å². The van der Waals surface area contributed by atoms with Crippen LogP contribution in [-0.2, 0) is 12.0 Å². The Kier molecular flexibility index (Phi) is 4.92. The first-order valence-corrected chi connectivity index (χ1v) is 9.68. The van der Waals surface area contributed by atoms with Crippen LogP contribution in [0.15, 0.2) is 36.8 Å². The SMILES string of the molecule is CC(N)(CCOc1ccc2c(c1)CCC2N1CCCC1)c1ccncn1. The lowest BCUT2D eigenvalue weighted by Crippen LogP contribution is -2.35. The van der Waals surface area contributed by atoms with Gasteiger partial charge < -0.3 is 10.5 Å². The highest BCUT2D eigenvalue weighted by atomic mass is 16.5. The van der Waals surface area contributed by atoms with Gasteiger partial charge in [0.1, 0.15) is 12.1 Å². The van der Waals surface area contributed by atoms with Crippen molar-refractivity contribution >= 4 is 0 Å². The van der Waals surface area contributed by atoms with Crippen LogP contribution in [0.5, 0.6) is 5.75 Å². The molecule has 5 heteroatoms. The van der Waals surface area contributed by atoms with E-state index < -0.39 is 5.54 Å². The number of hydrogen-bond donors (Lipinski definition) is 1. The minimum atomic E-state index is -0.513. The summed E-state index contributed by atoms with van der Waals surface area (Å²) in [5, 5.41) is 0. The Bertz CT molecular complexity index is 741. The first-order valence-electron chi connectivity index (χ1n) is 9.68. The van der Waals surface area contributed by atoms with Crippen molar-refractivity contribution in [3.8, 4) is 5.75 Å². The largest absolute Gasteiger partial charge is 0.494 e. The molecule has 2 unspecified atom stereocenters. The van der Waals surface area contributed by atoms with E-state index in [0.29, 0.717) is 19.1 Å². The average Bonchev–Trinajstić information content (AvgIpc) is 3.31. The van der Waals surface area contributed by atoms with Gasteiger partial charge in [-0.05, 0) is 75.0 Å². The third kappa shape index (κ3) is 3.60. The number of ether oxygens (including phenoxy) is 1. The van der Waals surface area contributed by atoms with Gasteiger partial charge in [0.05, 0.1) is 17.8 Å². The second-order valence-corrected chi connectivity index (χ2v) is 7.77. The maximum atomic E-state index is 6.40. The molecule has 1 fully saturated rings. The van der Waals surface area contributed by atoms with Gasteiger partial charge in [-0.15, -0.1) is 0 Å². The van der Waals surface area contributed by atoms with Crippen LogP contribution in [0.3, 0.4) is 0 Å². The molecule has 1 aliphatic carbocycles. The first-order chi connectivity index (χ1) is 12.6. The number of fused-ring (bicyclic) bond motifs is 1. The maximum Gasteiger partial charge on any atom is 0.119 e. The lowest BCUT2D eigenvalue weighted by molar-refractivity contribution is 0.245. The van der Waals surface area contributed by atoms with E-state index in [1.807, 2.05) is 13.0 Å². The number of rotatable bonds is 6. The minimum absolute atomic E-state index is 0.513. The van der Waals surface area contributed by atoms with Gasteiger partial charge in [0.2, 0.25) is 0 Å². The summed E-state index contributed by atoms with van der Waals surface area (Å²) in [6, 6.07) is 9.10. The minimum Gasteiger partial charge on any atom is -0.494 e. The highest BCUT2D eigenvalue weighted by molar-refractivity contribution is 5.40. The lowest BCUT2D eigenvalue weighted by Gasteiger charge is -2.25. The molecule has 4 rings (SSSR count). The van der Waals surface area contributed by atoms with Crippen molar-refractivity contribution in [1.82, 2.24) is 14.9 Å². The molecule has 0 saturated carbocycles. The Morgan fingerprint density at radius 3 is 2.88 bits per heavy atom. The number of hydrogen-bond acceptors (Lipinski definition) is 5. The highest BCUT2D eigenvalue weighted by Crippen LogP contribution is 2.39. The van der Waals surface area contributed by atoms with Crippen LogP contribution in [0.1, 0.15) is 55.5 Å². The summed E-state index contributed by atoms with van der Waals surface area (Å²) in [7, 11) is 0. The zero-order valence-corrected chi connectivity index (χ0v) is 15.5. The van der Waals surface area contributed by atoms with Crippen LogP contribution in [0, 0.1) is 0 Å². The number of nitrogens with two attached hydrogens (primary N) is 1. The normalized spacial score (nSPS) is 22.2. The molecule has 1 saturated heterocycles. The summed E-state index contributed by atoms with van der Waals surface area (Å²) >= 11 is 0. The van der Waals surface area contributed by atoms with Gasteiger partial charge in [0.15, 0.2) is 0 Å². The van der Waals surface area contributed by atoms with E-state index >= 15 is 0 Å². The molecule has 0 spiro atoms. The molecule has 0 bridgehead atoms. The maximum absolute atomic E-state index is 6.40. The molecule has 26 heavy (non-hydrogen) atoms. The van der Waals surface area contributed by atoms with Crippen molar-refractivity contribution in [2.24, 2.45) is 5.73 Å². The molecule has 0 radical (unpaired) electrons. The molecule has 2 aliphatic rings. The number of nitrogens with zero attached hydrogens (tertiary/aromatic N) is 3. The average molecular weight is 352 g/mol. The van der Waals surface area contributed by atoms with E-state index in [0.717, 1.165) is 17.9 Å². The molecular formula is C21H28N4O. The van der Waals surface area contributed by atoms with E-state index in [1.54, 1.807) is 12.5 Å². The second kappa shape index (κ2) is 7.33. The van der Waals surface area contributed by atoms with Gasteiger partial charge in [0, 0.05) is 18.7 Å². The van der Waals surface area contributed by atoms with E-state index in [9.17, 15) is 0 Å². The Hall–Kier alpha value is -1.98. The fraction of sp³-hybridized carbons (Fsp3) is 0.524. The van der Waals surface area contributed by atoms with Crippen molar-refractivity contribution < 1.29 is 4.74 Å². The van der Waals surface area contributed by atoms with Crippen LogP contribution < -0.4 is 10.5 Å². The molecule has 2 N–H and O–H groups in total. The van der Waals surface area contributed by atoms with Crippen LogP contribution in [0.4, 0.5) is 0 Å². The van der Waals surface area contributed by atoms with E-state index in [1.165, 1.54) is 43.5 Å². The molecule has 2 heterocycles. The molecule has 2 atom stereocenters. The van der Waals surface area contributed by atoms with Crippen LogP contribution in [0.25, 0.3) is 0 Å². The second-order valence-electron chi connectivity index (χ2n) is 7.77. The monoisotopic (exact) mass is 352 g/mol. The summed E-state index contributed by atoms with van der Waals surface area (Å²) in [5.74, 6) is 0.948.